The van der Waals surface area contributed by atoms with Gasteiger partial charge in [-0.3, -0.25) is 9.59 Å². The molecule has 3 aromatic rings. The van der Waals surface area contributed by atoms with Crippen molar-refractivity contribution >= 4 is 22.8 Å². The molecule has 1 atom stereocenters. The summed E-state index contributed by atoms with van der Waals surface area (Å²) in [6, 6.07) is 17.1. The fraction of sp³-hybridized carbons (Fsp3) is 0.200. The van der Waals surface area contributed by atoms with Crippen molar-refractivity contribution < 1.29 is 14.7 Å². The molecule has 134 valence electrons. The molecule has 0 saturated heterocycles. The first-order chi connectivity index (χ1) is 12.6. The first-order valence-corrected chi connectivity index (χ1v) is 8.45. The largest absolute Gasteiger partial charge is 0.480 e. The van der Waals surface area contributed by atoms with Gasteiger partial charge in [-0.2, -0.15) is 0 Å². The summed E-state index contributed by atoms with van der Waals surface area (Å²) in [5, 5.41) is 15.6. The average molecular weight is 351 g/mol. The standard InChI is InChI=1S/C20H21N3O3/c24-19(25)13-23-20(26)18(21-11-14-6-2-1-3-7-14)10-15-12-22-17-9-5-4-8-16(15)17/h1-9,12,18,21-22H,10-11,13H2,(H,23,26)(H,24,25). The lowest BCUT2D eigenvalue weighted by molar-refractivity contribution is -0.138. The number of carboxylic acids is 1. The number of carboxylic acid groups (broad SMARTS) is 1. The molecule has 0 saturated carbocycles. The third-order valence-corrected chi connectivity index (χ3v) is 4.22. The predicted molar refractivity (Wildman–Crippen MR) is 99.7 cm³/mol. The second-order valence-corrected chi connectivity index (χ2v) is 6.09. The number of benzene rings is 2. The number of aromatic amines is 1. The van der Waals surface area contributed by atoms with E-state index >= 15 is 0 Å². The molecule has 1 unspecified atom stereocenters. The number of hydrogen-bond acceptors (Lipinski definition) is 3. The number of aliphatic carboxylic acids is 1. The van der Waals surface area contributed by atoms with Gasteiger partial charge in [-0.15, -0.1) is 0 Å². The number of carbonyl (C=O) groups is 2. The lowest BCUT2D eigenvalue weighted by Gasteiger charge is -2.18. The third-order valence-electron chi connectivity index (χ3n) is 4.22. The summed E-state index contributed by atoms with van der Waals surface area (Å²) in [5.41, 5.74) is 3.08. The van der Waals surface area contributed by atoms with Gasteiger partial charge in [-0.05, 0) is 23.6 Å². The molecule has 1 heterocycles. The Labute approximate surface area is 151 Å². The number of amides is 1. The summed E-state index contributed by atoms with van der Waals surface area (Å²) in [6.07, 6.45) is 2.36. The van der Waals surface area contributed by atoms with Gasteiger partial charge in [0.15, 0.2) is 0 Å². The van der Waals surface area contributed by atoms with Gasteiger partial charge < -0.3 is 20.7 Å². The molecule has 0 radical (unpaired) electrons. The molecule has 1 aromatic heterocycles. The molecule has 0 aliphatic carbocycles. The van der Waals surface area contributed by atoms with Gasteiger partial charge >= 0.3 is 5.97 Å². The second kappa shape index (κ2) is 8.31. The molecule has 3 rings (SSSR count). The lowest BCUT2D eigenvalue weighted by Crippen LogP contribution is -2.46. The van der Waals surface area contributed by atoms with Gasteiger partial charge in [-0.25, -0.2) is 0 Å². The number of nitrogens with one attached hydrogen (secondary N) is 3. The number of H-pyrrole nitrogens is 1. The third kappa shape index (κ3) is 4.49. The molecule has 1 amide bonds. The monoisotopic (exact) mass is 351 g/mol. The van der Waals surface area contributed by atoms with Crippen LogP contribution in [0.15, 0.2) is 60.8 Å². The molecule has 0 bridgehead atoms. The Morgan fingerprint density at radius 1 is 1.04 bits per heavy atom. The summed E-state index contributed by atoms with van der Waals surface area (Å²) in [6.45, 7) is 0.130. The Bertz CT molecular complexity index is 889. The number of para-hydroxylation sites is 1. The second-order valence-electron chi connectivity index (χ2n) is 6.09. The highest BCUT2D eigenvalue weighted by Crippen LogP contribution is 2.19. The smallest absolute Gasteiger partial charge is 0.322 e. The van der Waals surface area contributed by atoms with E-state index in [4.69, 9.17) is 5.11 Å². The van der Waals surface area contributed by atoms with Crippen molar-refractivity contribution in [1.82, 2.24) is 15.6 Å². The molecule has 0 spiro atoms. The van der Waals surface area contributed by atoms with Gasteiger partial charge in [0.05, 0.1) is 6.04 Å². The zero-order valence-electron chi connectivity index (χ0n) is 14.2. The first kappa shape index (κ1) is 17.7. The Morgan fingerprint density at radius 2 is 1.77 bits per heavy atom. The molecular formula is C20H21N3O3. The topological polar surface area (TPSA) is 94.2 Å². The van der Waals surface area contributed by atoms with Crippen LogP contribution in [0.3, 0.4) is 0 Å². The summed E-state index contributed by atoms with van der Waals surface area (Å²) < 4.78 is 0. The average Bonchev–Trinajstić information content (AvgIpc) is 3.07. The fourth-order valence-electron chi connectivity index (χ4n) is 2.90. The highest BCUT2D eigenvalue weighted by Gasteiger charge is 2.20. The SMILES string of the molecule is O=C(O)CNC(=O)C(Cc1c[nH]c2ccccc12)NCc1ccccc1. The normalized spacial score (nSPS) is 12.0. The van der Waals surface area contributed by atoms with Crippen molar-refractivity contribution in [3.63, 3.8) is 0 Å². The number of fused-ring (bicyclic) bond motifs is 1. The predicted octanol–water partition coefficient (Wildman–Crippen LogP) is 2.07. The minimum atomic E-state index is -1.06. The van der Waals surface area contributed by atoms with E-state index in [1.54, 1.807) is 0 Å². The van der Waals surface area contributed by atoms with E-state index in [9.17, 15) is 9.59 Å². The Kier molecular flexibility index (Phi) is 5.66. The molecule has 0 aliphatic rings. The van der Waals surface area contributed by atoms with Crippen molar-refractivity contribution in [2.45, 2.75) is 19.0 Å². The van der Waals surface area contributed by atoms with Crippen LogP contribution in [0.25, 0.3) is 10.9 Å². The number of aromatic nitrogens is 1. The molecule has 2 aromatic carbocycles. The quantitative estimate of drug-likeness (QED) is 0.500. The van der Waals surface area contributed by atoms with Crippen molar-refractivity contribution in [2.75, 3.05) is 6.54 Å². The van der Waals surface area contributed by atoms with E-state index in [0.29, 0.717) is 13.0 Å². The molecule has 0 fully saturated rings. The fourth-order valence-corrected chi connectivity index (χ4v) is 2.90. The van der Waals surface area contributed by atoms with Crippen LogP contribution in [0.4, 0.5) is 0 Å². The molecule has 4 N–H and O–H groups in total. The van der Waals surface area contributed by atoms with E-state index in [0.717, 1.165) is 22.0 Å². The van der Waals surface area contributed by atoms with Crippen molar-refractivity contribution in [2.24, 2.45) is 0 Å². The molecule has 0 aliphatic heterocycles. The zero-order valence-corrected chi connectivity index (χ0v) is 14.2. The van der Waals surface area contributed by atoms with E-state index in [-0.39, 0.29) is 5.91 Å². The van der Waals surface area contributed by atoms with Gasteiger partial charge in [0.2, 0.25) is 5.91 Å². The minimum absolute atomic E-state index is 0.325. The highest BCUT2D eigenvalue weighted by molar-refractivity contribution is 5.87. The molecule has 6 nitrogen and oxygen atoms in total. The van der Waals surface area contributed by atoms with Gasteiger partial charge in [0.25, 0.3) is 0 Å². The molecule has 26 heavy (non-hydrogen) atoms. The number of carbonyl (C=O) groups excluding carboxylic acids is 1. The Morgan fingerprint density at radius 3 is 2.54 bits per heavy atom. The van der Waals surface area contributed by atoms with E-state index in [2.05, 4.69) is 15.6 Å². The van der Waals surface area contributed by atoms with Crippen molar-refractivity contribution in [1.29, 1.82) is 0 Å². The van der Waals surface area contributed by atoms with Gasteiger partial charge in [0, 0.05) is 23.6 Å². The number of hydrogen-bond donors (Lipinski definition) is 4. The maximum absolute atomic E-state index is 12.5. The van der Waals surface area contributed by atoms with Crippen LogP contribution in [-0.2, 0) is 22.6 Å². The van der Waals surface area contributed by atoms with Crippen LogP contribution in [0.2, 0.25) is 0 Å². The lowest BCUT2D eigenvalue weighted by atomic mass is 10.0. The maximum Gasteiger partial charge on any atom is 0.322 e. The Balaban J connectivity index is 1.75. The van der Waals surface area contributed by atoms with Crippen LogP contribution < -0.4 is 10.6 Å². The van der Waals surface area contributed by atoms with Crippen LogP contribution in [-0.4, -0.2) is 34.6 Å². The summed E-state index contributed by atoms with van der Waals surface area (Å²) in [5.74, 6) is -1.39. The van der Waals surface area contributed by atoms with Crippen LogP contribution in [0.5, 0.6) is 0 Å². The molecule has 6 heteroatoms. The van der Waals surface area contributed by atoms with E-state index in [1.165, 1.54) is 0 Å². The van der Waals surface area contributed by atoms with Gasteiger partial charge in [-0.1, -0.05) is 48.5 Å². The van der Waals surface area contributed by atoms with E-state index < -0.39 is 18.6 Å². The summed E-state index contributed by atoms with van der Waals surface area (Å²) >= 11 is 0. The van der Waals surface area contributed by atoms with Crippen LogP contribution in [0.1, 0.15) is 11.1 Å². The maximum atomic E-state index is 12.5. The zero-order chi connectivity index (χ0) is 18.4. The summed E-state index contributed by atoms with van der Waals surface area (Å²) in [4.78, 5) is 26.4. The van der Waals surface area contributed by atoms with E-state index in [1.807, 2.05) is 60.8 Å². The van der Waals surface area contributed by atoms with Crippen LogP contribution in [0, 0.1) is 0 Å². The first-order valence-electron chi connectivity index (χ1n) is 8.45. The highest BCUT2D eigenvalue weighted by atomic mass is 16.4. The summed E-state index contributed by atoms with van der Waals surface area (Å²) in [7, 11) is 0. The number of rotatable bonds is 8. The molecular weight excluding hydrogens is 330 g/mol. The minimum Gasteiger partial charge on any atom is -0.480 e. The van der Waals surface area contributed by atoms with Crippen LogP contribution >= 0.6 is 0 Å². The van der Waals surface area contributed by atoms with Crippen molar-refractivity contribution in [3.8, 4) is 0 Å². The van der Waals surface area contributed by atoms with Gasteiger partial charge in [0.1, 0.15) is 6.54 Å². The Hall–Kier alpha value is -3.12. The van der Waals surface area contributed by atoms with Crippen molar-refractivity contribution in [3.05, 3.63) is 71.9 Å².